The summed E-state index contributed by atoms with van der Waals surface area (Å²) in [4.78, 5) is 23.7. The van der Waals surface area contributed by atoms with E-state index in [-0.39, 0.29) is 11.4 Å². The molecule has 1 aromatic rings. The van der Waals surface area contributed by atoms with Gasteiger partial charge in [-0.25, -0.2) is 4.98 Å². The fourth-order valence-corrected chi connectivity index (χ4v) is 1.27. The van der Waals surface area contributed by atoms with Gasteiger partial charge < -0.3 is 0 Å². The first-order valence-electron chi connectivity index (χ1n) is 2.90. The van der Waals surface area contributed by atoms with Gasteiger partial charge in [-0.05, 0) is 22.6 Å². The highest BCUT2D eigenvalue weighted by Crippen LogP contribution is 2.14. The zero-order chi connectivity index (χ0) is 9.14. The van der Waals surface area contributed by atoms with Crippen molar-refractivity contribution < 1.29 is 9.72 Å². The predicted molar refractivity (Wildman–Crippen MR) is 49.0 cm³/mol. The largest absolute Gasteiger partial charge is 0.296 e. The Kier molecular flexibility index (Phi) is 2.69. The molecular formula is C6H3IN2O3. The smallest absolute Gasteiger partial charge is 0.274 e. The molecule has 0 aliphatic carbocycles. The lowest BCUT2D eigenvalue weighted by atomic mass is 10.3. The van der Waals surface area contributed by atoms with Crippen LogP contribution in [0, 0.1) is 13.8 Å². The lowest BCUT2D eigenvalue weighted by Crippen LogP contribution is -1.94. The Morgan fingerprint density at radius 1 is 1.58 bits per heavy atom. The first-order valence-corrected chi connectivity index (χ1v) is 3.98. The Morgan fingerprint density at radius 2 is 2.25 bits per heavy atom. The maximum Gasteiger partial charge on any atom is 0.274 e. The molecule has 1 heterocycles. The number of aldehydes is 1. The third-order valence-corrected chi connectivity index (χ3v) is 1.68. The topological polar surface area (TPSA) is 73.1 Å². The SMILES string of the molecule is O=Cc1cc([N+](=O)[O-])cc(I)n1. The van der Waals surface area contributed by atoms with Crippen LogP contribution in [0.4, 0.5) is 5.69 Å². The van der Waals surface area contributed by atoms with Crippen molar-refractivity contribution in [1.82, 2.24) is 4.98 Å². The molecule has 0 saturated heterocycles. The van der Waals surface area contributed by atoms with Crippen LogP contribution in [0.5, 0.6) is 0 Å². The van der Waals surface area contributed by atoms with E-state index in [4.69, 9.17) is 0 Å². The molecule has 0 spiro atoms. The van der Waals surface area contributed by atoms with Crippen LogP contribution in [-0.2, 0) is 0 Å². The number of pyridine rings is 1. The fourth-order valence-electron chi connectivity index (χ4n) is 0.669. The zero-order valence-corrected chi connectivity index (χ0v) is 7.89. The van der Waals surface area contributed by atoms with Crippen LogP contribution in [0.1, 0.15) is 10.5 Å². The van der Waals surface area contributed by atoms with Gasteiger partial charge in [0.2, 0.25) is 0 Å². The highest BCUT2D eigenvalue weighted by atomic mass is 127. The Hall–Kier alpha value is -1.05. The molecule has 0 aromatic carbocycles. The van der Waals surface area contributed by atoms with Crippen molar-refractivity contribution in [2.75, 3.05) is 0 Å². The summed E-state index contributed by atoms with van der Waals surface area (Å²) in [6, 6.07) is 2.43. The van der Waals surface area contributed by atoms with E-state index in [2.05, 4.69) is 4.98 Å². The standard InChI is InChI=1S/C6H3IN2O3/c7-6-2-5(9(11)12)1-4(3-10)8-6/h1-3H. The predicted octanol–water partition coefficient (Wildman–Crippen LogP) is 1.41. The van der Waals surface area contributed by atoms with Crippen molar-refractivity contribution >= 4 is 34.6 Å². The lowest BCUT2D eigenvalue weighted by molar-refractivity contribution is -0.385. The van der Waals surface area contributed by atoms with Crippen LogP contribution in [0.2, 0.25) is 0 Å². The Balaban J connectivity index is 3.23. The van der Waals surface area contributed by atoms with E-state index in [1.54, 1.807) is 0 Å². The molecule has 0 unspecified atom stereocenters. The van der Waals surface area contributed by atoms with Gasteiger partial charge >= 0.3 is 0 Å². The van der Waals surface area contributed by atoms with Gasteiger partial charge in [0.05, 0.1) is 4.92 Å². The second kappa shape index (κ2) is 3.57. The van der Waals surface area contributed by atoms with Gasteiger partial charge in [-0.15, -0.1) is 0 Å². The summed E-state index contributed by atoms with van der Waals surface area (Å²) in [5.74, 6) is 0. The van der Waals surface area contributed by atoms with Gasteiger partial charge in [0, 0.05) is 12.1 Å². The summed E-state index contributed by atoms with van der Waals surface area (Å²) in [6.45, 7) is 0. The number of carbonyl (C=O) groups is 1. The van der Waals surface area contributed by atoms with E-state index in [1.807, 2.05) is 22.6 Å². The van der Waals surface area contributed by atoms with Gasteiger partial charge in [-0.3, -0.25) is 14.9 Å². The van der Waals surface area contributed by atoms with E-state index < -0.39 is 4.92 Å². The van der Waals surface area contributed by atoms with E-state index in [9.17, 15) is 14.9 Å². The molecule has 0 saturated carbocycles. The molecule has 1 aromatic heterocycles. The van der Waals surface area contributed by atoms with E-state index in [0.29, 0.717) is 9.99 Å². The monoisotopic (exact) mass is 278 g/mol. The summed E-state index contributed by atoms with van der Waals surface area (Å²) in [5.41, 5.74) is -0.0369. The molecule has 62 valence electrons. The molecule has 0 fully saturated rings. The van der Waals surface area contributed by atoms with Crippen LogP contribution >= 0.6 is 22.6 Å². The number of halogens is 1. The van der Waals surface area contributed by atoms with E-state index in [0.717, 1.165) is 6.07 Å². The molecule has 0 aliphatic heterocycles. The molecule has 0 N–H and O–H groups in total. The minimum atomic E-state index is -0.559. The lowest BCUT2D eigenvalue weighted by Gasteiger charge is -1.93. The molecular weight excluding hydrogens is 275 g/mol. The normalized spacial score (nSPS) is 9.42. The maximum atomic E-state index is 10.3. The average molecular weight is 278 g/mol. The highest BCUT2D eigenvalue weighted by Gasteiger charge is 2.08. The molecule has 0 atom stereocenters. The van der Waals surface area contributed by atoms with Gasteiger partial charge in [0.1, 0.15) is 9.39 Å². The second-order valence-corrected chi connectivity index (χ2v) is 3.05. The van der Waals surface area contributed by atoms with Gasteiger partial charge in [-0.1, -0.05) is 0 Å². The van der Waals surface area contributed by atoms with E-state index in [1.165, 1.54) is 6.07 Å². The number of aromatic nitrogens is 1. The van der Waals surface area contributed by atoms with Gasteiger partial charge in [-0.2, -0.15) is 0 Å². The van der Waals surface area contributed by atoms with Gasteiger partial charge in [0.25, 0.3) is 5.69 Å². The summed E-state index contributed by atoms with van der Waals surface area (Å²) in [6.07, 6.45) is 0.481. The Labute approximate surface area is 81.1 Å². The van der Waals surface area contributed by atoms with Crippen LogP contribution in [0.25, 0.3) is 0 Å². The van der Waals surface area contributed by atoms with E-state index >= 15 is 0 Å². The number of rotatable bonds is 2. The average Bonchev–Trinajstić information content (AvgIpc) is 2.03. The molecule has 0 radical (unpaired) electrons. The second-order valence-electron chi connectivity index (χ2n) is 1.95. The van der Waals surface area contributed by atoms with Crippen molar-refractivity contribution in [3.05, 3.63) is 31.6 Å². The number of nitro groups is 1. The zero-order valence-electron chi connectivity index (χ0n) is 5.73. The molecule has 0 amide bonds. The molecule has 6 heteroatoms. The van der Waals surface area contributed by atoms with Crippen LogP contribution in [-0.4, -0.2) is 16.2 Å². The molecule has 0 aliphatic rings. The highest BCUT2D eigenvalue weighted by molar-refractivity contribution is 14.1. The Bertz CT molecular complexity index is 340. The van der Waals surface area contributed by atoms with Crippen molar-refractivity contribution in [2.24, 2.45) is 0 Å². The third kappa shape index (κ3) is 1.97. The van der Waals surface area contributed by atoms with Crippen molar-refractivity contribution in [2.45, 2.75) is 0 Å². The summed E-state index contributed by atoms with van der Waals surface area (Å²) in [5, 5.41) is 10.3. The summed E-state index contributed by atoms with van der Waals surface area (Å²) < 4.78 is 0.434. The molecule has 5 nitrogen and oxygen atoms in total. The van der Waals surface area contributed by atoms with Gasteiger partial charge in [0.15, 0.2) is 6.29 Å². The molecule has 1 rings (SSSR count). The quantitative estimate of drug-likeness (QED) is 0.269. The summed E-state index contributed by atoms with van der Waals surface area (Å²) >= 11 is 1.81. The molecule has 0 bridgehead atoms. The minimum Gasteiger partial charge on any atom is -0.296 e. The van der Waals surface area contributed by atoms with Crippen LogP contribution in [0.15, 0.2) is 12.1 Å². The minimum absolute atomic E-state index is 0.0774. The fraction of sp³-hybridized carbons (Fsp3) is 0. The number of carbonyl (C=O) groups excluding carboxylic acids is 1. The third-order valence-electron chi connectivity index (χ3n) is 1.13. The van der Waals surface area contributed by atoms with Crippen LogP contribution < -0.4 is 0 Å². The molecule has 12 heavy (non-hydrogen) atoms. The summed E-state index contributed by atoms with van der Waals surface area (Å²) in [7, 11) is 0. The van der Waals surface area contributed by atoms with Crippen molar-refractivity contribution in [3.63, 3.8) is 0 Å². The van der Waals surface area contributed by atoms with Crippen molar-refractivity contribution in [3.8, 4) is 0 Å². The Morgan fingerprint density at radius 3 is 2.75 bits per heavy atom. The van der Waals surface area contributed by atoms with Crippen LogP contribution in [0.3, 0.4) is 0 Å². The number of hydrogen-bond acceptors (Lipinski definition) is 4. The number of nitrogens with zero attached hydrogens (tertiary/aromatic N) is 2. The van der Waals surface area contributed by atoms with Crippen molar-refractivity contribution in [1.29, 1.82) is 0 Å². The first-order chi connectivity index (χ1) is 5.63. The first kappa shape index (κ1) is 9.04. The maximum absolute atomic E-state index is 10.3. The number of hydrogen-bond donors (Lipinski definition) is 0.